The van der Waals surface area contributed by atoms with Crippen LogP contribution in [0.5, 0.6) is 5.75 Å². The number of hydrogen-bond acceptors (Lipinski definition) is 2. The van der Waals surface area contributed by atoms with Crippen molar-refractivity contribution in [2.24, 2.45) is 17.8 Å². The van der Waals surface area contributed by atoms with Crippen molar-refractivity contribution in [3.63, 3.8) is 0 Å². The average molecular weight is 443 g/mol. The molecule has 1 N–H and O–H groups in total. The molecule has 0 aliphatic heterocycles. The predicted octanol–water partition coefficient (Wildman–Crippen LogP) is 6.82. The van der Waals surface area contributed by atoms with Crippen molar-refractivity contribution in [3.8, 4) is 5.75 Å². The molecule has 0 radical (unpaired) electrons. The maximum atomic E-state index is 11.0. The Morgan fingerprint density at radius 2 is 1.67 bits per heavy atom. The zero-order valence-corrected chi connectivity index (χ0v) is 19.5. The second-order valence-electron chi connectivity index (χ2n) is 10.5. The predicted molar refractivity (Wildman–Crippen MR) is 132 cm³/mol. The van der Waals surface area contributed by atoms with E-state index in [1.807, 2.05) is 37.4 Å². The van der Waals surface area contributed by atoms with Crippen LogP contribution >= 0.6 is 0 Å². The van der Waals surface area contributed by atoms with Crippen molar-refractivity contribution in [2.45, 2.75) is 56.8 Å². The summed E-state index contributed by atoms with van der Waals surface area (Å²) in [5.74, 6) is 2.89. The summed E-state index contributed by atoms with van der Waals surface area (Å²) in [5.41, 5.74) is 5.02. The Balaban J connectivity index is 1.34. The van der Waals surface area contributed by atoms with Crippen LogP contribution in [-0.2, 0) is 16.6 Å². The first-order chi connectivity index (χ1) is 16.0. The molecule has 33 heavy (non-hydrogen) atoms. The second kappa shape index (κ2) is 9.21. The number of allylic oxidation sites excluding steroid dienone is 3. The topological polar surface area (TPSA) is 46.5 Å². The lowest BCUT2D eigenvalue weighted by molar-refractivity contribution is -0.131. The van der Waals surface area contributed by atoms with Crippen molar-refractivity contribution in [3.05, 3.63) is 83.4 Å². The number of aryl methyl sites for hydroxylation is 1. The highest BCUT2D eigenvalue weighted by molar-refractivity contribution is 5.85. The SMILES string of the molecule is COc1cc(CC/C=C(/C=C/C(=O)O)c2ccccc2)ccc1C12CC3CC(CC(C3)C1)C2. The Morgan fingerprint density at radius 1 is 1.00 bits per heavy atom. The molecule has 2 aromatic rings. The molecule has 0 aromatic heterocycles. The van der Waals surface area contributed by atoms with Gasteiger partial charge in [-0.05, 0) is 103 Å². The highest BCUT2D eigenvalue weighted by Gasteiger charge is 2.52. The highest BCUT2D eigenvalue weighted by Crippen LogP contribution is 2.61. The first kappa shape index (κ1) is 22.0. The second-order valence-corrected chi connectivity index (χ2v) is 10.5. The number of carbonyl (C=O) groups is 1. The van der Waals surface area contributed by atoms with Crippen molar-refractivity contribution < 1.29 is 14.6 Å². The van der Waals surface area contributed by atoms with Gasteiger partial charge in [0.15, 0.2) is 0 Å². The molecule has 6 rings (SSSR count). The molecule has 3 heteroatoms. The van der Waals surface area contributed by atoms with Gasteiger partial charge in [0.25, 0.3) is 0 Å². The van der Waals surface area contributed by atoms with Crippen LogP contribution in [0, 0.1) is 17.8 Å². The fourth-order valence-corrected chi connectivity index (χ4v) is 7.24. The van der Waals surface area contributed by atoms with E-state index in [4.69, 9.17) is 9.84 Å². The van der Waals surface area contributed by atoms with E-state index in [1.165, 1.54) is 55.7 Å². The Labute approximate surface area is 197 Å². The zero-order valence-electron chi connectivity index (χ0n) is 19.5. The van der Waals surface area contributed by atoms with Gasteiger partial charge < -0.3 is 9.84 Å². The monoisotopic (exact) mass is 442 g/mol. The van der Waals surface area contributed by atoms with Gasteiger partial charge in [-0.2, -0.15) is 0 Å². The summed E-state index contributed by atoms with van der Waals surface area (Å²) in [6, 6.07) is 16.9. The molecule has 0 amide bonds. The van der Waals surface area contributed by atoms with Crippen LogP contribution in [0.2, 0.25) is 0 Å². The minimum absolute atomic E-state index is 0.334. The number of ether oxygens (including phenoxy) is 1. The minimum Gasteiger partial charge on any atom is -0.496 e. The molecule has 0 spiro atoms. The summed E-state index contributed by atoms with van der Waals surface area (Å²) in [6.45, 7) is 0. The molecule has 172 valence electrons. The lowest BCUT2D eigenvalue weighted by Crippen LogP contribution is -2.48. The number of carboxylic acid groups (broad SMARTS) is 1. The van der Waals surface area contributed by atoms with Crippen molar-refractivity contribution >= 4 is 11.5 Å². The van der Waals surface area contributed by atoms with Gasteiger partial charge in [0, 0.05) is 11.6 Å². The molecule has 0 saturated heterocycles. The number of methoxy groups -OCH3 is 1. The third-order valence-electron chi connectivity index (χ3n) is 8.19. The van der Waals surface area contributed by atoms with Crippen molar-refractivity contribution in [1.29, 1.82) is 0 Å². The Kier molecular flexibility index (Phi) is 6.14. The van der Waals surface area contributed by atoms with Crippen LogP contribution in [0.25, 0.3) is 5.57 Å². The van der Waals surface area contributed by atoms with Gasteiger partial charge in [0.1, 0.15) is 5.75 Å². The van der Waals surface area contributed by atoms with Crippen LogP contribution in [0.4, 0.5) is 0 Å². The number of benzene rings is 2. The Bertz CT molecular complexity index is 1030. The van der Waals surface area contributed by atoms with Crippen LogP contribution in [-0.4, -0.2) is 18.2 Å². The molecule has 0 atom stereocenters. The molecule has 3 nitrogen and oxygen atoms in total. The molecular weight excluding hydrogens is 408 g/mol. The Morgan fingerprint density at radius 3 is 2.27 bits per heavy atom. The van der Waals surface area contributed by atoms with Crippen molar-refractivity contribution in [1.82, 2.24) is 0 Å². The van der Waals surface area contributed by atoms with Crippen LogP contribution < -0.4 is 4.74 Å². The number of hydrogen-bond donors (Lipinski definition) is 1. The quantitative estimate of drug-likeness (QED) is 0.360. The van der Waals surface area contributed by atoms with E-state index < -0.39 is 5.97 Å². The van der Waals surface area contributed by atoms with E-state index >= 15 is 0 Å². The summed E-state index contributed by atoms with van der Waals surface area (Å²) in [6.07, 6.45) is 15.1. The lowest BCUT2D eigenvalue weighted by atomic mass is 9.48. The summed E-state index contributed by atoms with van der Waals surface area (Å²) in [4.78, 5) is 11.0. The average Bonchev–Trinajstić information content (AvgIpc) is 2.80. The molecule has 4 aliphatic rings. The van der Waals surface area contributed by atoms with E-state index in [0.29, 0.717) is 5.41 Å². The van der Waals surface area contributed by atoms with Gasteiger partial charge in [-0.15, -0.1) is 0 Å². The number of rotatable bonds is 8. The van der Waals surface area contributed by atoms with Crippen LogP contribution in [0.3, 0.4) is 0 Å². The van der Waals surface area contributed by atoms with Gasteiger partial charge in [-0.1, -0.05) is 48.5 Å². The van der Waals surface area contributed by atoms with E-state index in [-0.39, 0.29) is 0 Å². The maximum Gasteiger partial charge on any atom is 0.328 e. The molecule has 4 bridgehead atoms. The molecule has 0 heterocycles. The molecule has 4 fully saturated rings. The van der Waals surface area contributed by atoms with Gasteiger partial charge in [-0.3, -0.25) is 0 Å². The van der Waals surface area contributed by atoms with Gasteiger partial charge >= 0.3 is 5.97 Å². The highest BCUT2D eigenvalue weighted by atomic mass is 16.5. The summed E-state index contributed by atoms with van der Waals surface area (Å²) >= 11 is 0. The normalized spacial score (nSPS) is 28.4. The molecule has 4 saturated carbocycles. The third-order valence-corrected chi connectivity index (χ3v) is 8.19. The first-order valence-electron chi connectivity index (χ1n) is 12.4. The molecule has 0 unspecified atom stereocenters. The van der Waals surface area contributed by atoms with Crippen LogP contribution in [0.1, 0.15) is 61.6 Å². The van der Waals surface area contributed by atoms with Gasteiger partial charge in [0.05, 0.1) is 7.11 Å². The summed E-state index contributed by atoms with van der Waals surface area (Å²) < 4.78 is 5.95. The number of carboxylic acids is 1. The van der Waals surface area contributed by atoms with E-state index in [0.717, 1.165) is 47.5 Å². The Hall–Kier alpha value is -2.81. The fourth-order valence-electron chi connectivity index (χ4n) is 7.24. The van der Waals surface area contributed by atoms with E-state index in [1.54, 1.807) is 6.08 Å². The maximum absolute atomic E-state index is 11.0. The van der Waals surface area contributed by atoms with Gasteiger partial charge in [0.2, 0.25) is 0 Å². The molecular formula is C30H34O3. The molecule has 2 aromatic carbocycles. The van der Waals surface area contributed by atoms with E-state index in [2.05, 4.69) is 24.3 Å². The standard InChI is InChI=1S/C30H34O3/c1-33-28-17-21(6-5-9-26(11-13-29(31)32)25-7-3-2-4-8-25)10-12-27(28)30-18-22-14-23(19-30)16-24(15-22)20-30/h2-4,7-13,17,22-24H,5-6,14-16,18-20H2,1H3,(H,31,32)/b13-11+,26-9-. The van der Waals surface area contributed by atoms with Crippen LogP contribution in [0.15, 0.2) is 66.8 Å². The lowest BCUT2D eigenvalue weighted by Gasteiger charge is -2.57. The zero-order chi connectivity index (χ0) is 22.8. The number of aliphatic carboxylic acids is 1. The third kappa shape index (κ3) is 4.64. The summed E-state index contributed by atoms with van der Waals surface area (Å²) in [7, 11) is 1.81. The molecule has 4 aliphatic carbocycles. The first-order valence-corrected chi connectivity index (χ1v) is 12.4. The summed E-state index contributed by atoms with van der Waals surface area (Å²) in [5, 5.41) is 9.06. The van der Waals surface area contributed by atoms with Crippen molar-refractivity contribution in [2.75, 3.05) is 7.11 Å². The van der Waals surface area contributed by atoms with Gasteiger partial charge in [-0.25, -0.2) is 4.79 Å². The smallest absolute Gasteiger partial charge is 0.328 e. The minimum atomic E-state index is -0.929. The van der Waals surface area contributed by atoms with E-state index in [9.17, 15) is 4.79 Å². The largest absolute Gasteiger partial charge is 0.496 e. The fraction of sp³-hybridized carbons (Fsp3) is 0.433.